The lowest BCUT2D eigenvalue weighted by Crippen LogP contribution is -2.24. The Labute approximate surface area is 128 Å². The number of hydrogen-bond acceptors (Lipinski definition) is 2. The SMILES string of the molecule is CC[C@H](Sc1ccc(Cl)cc1)C(=O)Nc1ccccc1. The Balaban J connectivity index is 2.00. The Kier molecular flexibility index (Phi) is 5.50. The molecule has 0 aliphatic rings. The summed E-state index contributed by atoms with van der Waals surface area (Å²) in [7, 11) is 0. The molecule has 0 aliphatic heterocycles. The minimum absolute atomic E-state index is 0.0265. The maximum absolute atomic E-state index is 12.3. The number of para-hydroxylation sites is 1. The van der Waals surface area contributed by atoms with Gasteiger partial charge in [-0.25, -0.2) is 0 Å². The Bertz CT molecular complexity index is 556. The fraction of sp³-hybridized carbons (Fsp3) is 0.188. The van der Waals surface area contributed by atoms with Crippen LogP contribution in [-0.4, -0.2) is 11.2 Å². The van der Waals surface area contributed by atoms with E-state index in [0.29, 0.717) is 5.02 Å². The van der Waals surface area contributed by atoms with Crippen molar-refractivity contribution in [2.24, 2.45) is 0 Å². The van der Waals surface area contributed by atoms with Gasteiger partial charge in [-0.05, 0) is 42.8 Å². The number of benzene rings is 2. The van der Waals surface area contributed by atoms with Gasteiger partial charge in [-0.3, -0.25) is 4.79 Å². The molecule has 0 spiro atoms. The molecule has 1 atom stereocenters. The second-order valence-electron chi connectivity index (χ2n) is 4.32. The summed E-state index contributed by atoms with van der Waals surface area (Å²) in [5.41, 5.74) is 0.827. The van der Waals surface area contributed by atoms with Crippen LogP contribution in [0.15, 0.2) is 59.5 Å². The average Bonchev–Trinajstić information content (AvgIpc) is 2.47. The van der Waals surface area contributed by atoms with E-state index in [4.69, 9.17) is 11.6 Å². The first-order valence-corrected chi connectivity index (χ1v) is 7.73. The third-order valence-corrected chi connectivity index (χ3v) is 4.42. The third-order valence-electron chi connectivity index (χ3n) is 2.80. The molecule has 2 rings (SSSR count). The van der Waals surface area contributed by atoms with Crippen LogP contribution >= 0.6 is 23.4 Å². The normalized spacial score (nSPS) is 11.9. The quantitative estimate of drug-likeness (QED) is 0.800. The summed E-state index contributed by atoms with van der Waals surface area (Å²) in [6.07, 6.45) is 0.770. The number of anilines is 1. The predicted octanol–water partition coefficient (Wildman–Crippen LogP) is 4.85. The van der Waals surface area contributed by atoms with Crippen LogP contribution < -0.4 is 5.32 Å². The van der Waals surface area contributed by atoms with Crippen molar-refractivity contribution in [1.82, 2.24) is 0 Å². The molecule has 0 bridgehead atoms. The fourth-order valence-electron chi connectivity index (χ4n) is 1.74. The molecule has 0 radical (unpaired) electrons. The smallest absolute Gasteiger partial charge is 0.237 e. The average molecular weight is 306 g/mol. The molecule has 1 amide bonds. The number of hydrogen-bond donors (Lipinski definition) is 1. The molecule has 2 aromatic rings. The molecule has 104 valence electrons. The molecule has 0 fully saturated rings. The van der Waals surface area contributed by atoms with Gasteiger partial charge in [0.2, 0.25) is 5.91 Å². The van der Waals surface area contributed by atoms with Crippen molar-refractivity contribution in [1.29, 1.82) is 0 Å². The number of halogens is 1. The van der Waals surface area contributed by atoms with Crippen molar-refractivity contribution in [3.05, 3.63) is 59.6 Å². The minimum atomic E-state index is -0.114. The van der Waals surface area contributed by atoms with Crippen LogP contribution in [0.5, 0.6) is 0 Å². The lowest BCUT2D eigenvalue weighted by atomic mass is 10.3. The molecule has 0 aliphatic carbocycles. The van der Waals surface area contributed by atoms with E-state index >= 15 is 0 Å². The van der Waals surface area contributed by atoms with Gasteiger partial charge in [0.15, 0.2) is 0 Å². The van der Waals surface area contributed by atoms with E-state index in [2.05, 4.69) is 5.32 Å². The highest BCUT2D eigenvalue weighted by Gasteiger charge is 2.17. The van der Waals surface area contributed by atoms with Crippen LogP contribution in [0.2, 0.25) is 5.02 Å². The molecule has 0 saturated carbocycles. The zero-order valence-electron chi connectivity index (χ0n) is 11.2. The summed E-state index contributed by atoms with van der Waals surface area (Å²) in [4.78, 5) is 13.3. The zero-order valence-corrected chi connectivity index (χ0v) is 12.7. The van der Waals surface area contributed by atoms with Crippen LogP contribution in [0, 0.1) is 0 Å². The van der Waals surface area contributed by atoms with Crippen LogP contribution in [0.3, 0.4) is 0 Å². The van der Waals surface area contributed by atoms with Crippen LogP contribution in [0.4, 0.5) is 5.69 Å². The third kappa shape index (κ3) is 4.29. The maximum atomic E-state index is 12.3. The van der Waals surface area contributed by atoms with Crippen molar-refractivity contribution in [3.63, 3.8) is 0 Å². The summed E-state index contributed by atoms with van der Waals surface area (Å²) in [5, 5.41) is 3.53. The molecular formula is C16H16ClNOS. The molecule has 1 N–H and O–H groups in total. The standard InChI is InChI=1S/C16H16ClNOS/c1-2-15(20-14-10-8-12(17)9-11-14)16(19)18-13-6-4-3-5-7-13/h3-11,15H,2H2,1H3,(H,18,19)/t15-/m0/s1. The van der Waals surface area contributed by atoms with Gasteiger partial charge in [-0.2, -0.15) is 0 Å². The van der Waals surface area contributed by atoms with Gasteiger partial charge in [-0.15, -0.1) is 11.8 Å². The van der Waals surface area contributed by atoms with Gasteiger partial charge in [0.1, 0.15) is 0 Å². The number of thioether (sulfide) groups is 1. The number of rotatable bonds is 5. The molecule has 0 unspecified atom stereocenters. The van der Waals surface area contributed by atoms with E-state index in [0.717, 1.165) is 17.0 Å². The van der Waals surface area contributed by atoms with Gasteiger partial charge in [0.25, 0.3) is 0 Å². The van der Waals surface area contributed by atoms with Crippen LogP contribution in [0.1, 0.15) is 13.3 Å². The van der Waals surface area contributed by atoms with E-state index in [1.807, 2.05) is 61.5 Å². The van der Waals surface area contributed by atoms with Gasteiger partial charge in [0, 0.05) is 15.6 Å². The Morgan fingerprint density at radius 2 is 1.80 bits per heavy atom. The highest BCUT2D eigenvalue weighted by molar-refractivity contribution is 8.00. The number of carbonyl (C=O) groups is 1. The molecule has 0 saturated heterocycles. The van der Waals surface area contributed by atoms with E-state index in [1.54, 1.807) is 11.8 Å². The molecule has 0 aromatic heterocycles. The first-order valence-electron chi connectivity index (χ1n) is 6.47. The lowest BCUT2D eigenvalue weighted by molar-refractivity contribution is -0.115. The highest BCUT2D eigenvalue weighted by Crippen LogP contribution is 2.27. The van der Waals surface area contributed by atoms with Crippen molar-refractivity contribution in [2.45, 2.75) is 23.5 Å². The summed E-state index contributed by atoms with van der Waals surface area (Å²) in [5.74, 6) is 0.0265. The highest BCUT2D eigenvalue weighted by atomic mass is 35.5. The summed E-state index contributed by atoms with van der Waals surface area (Å²) < 4.78 is 0. The number of amides is 1. The van der Waals surface area contributed by atoms with E-state index in [1.165, 1.54) is 0 Å². The van der Waals surface area contributed by atoms with E-state index in [9.17, 15) is 4.79 Å². The number of carbonyl (C=O) groups excluding carboxylic acids is 1. The van der Waals surface area contributed by atoms with E-state index < -0.39 is 0 Å². The Morgan fingerprint density at radius 1 is 1.15 bits per heavy atom. The van der Waals surface area contributed by atoms with Crippen molar-refractivity contribution >= 4 is 35.0 Å². The summed E-state index contributed by atoms with van der Waals surface area (Å²) in [6.45, 7) is 2.01. The molecule has 2 aromatic carbocycles. The van der Waals surface area contributed by atoms with Crippen molar-refractivity contribution < 1.29 is 4.79 Å². The topological polar surface area (TPSA) is 29.1 Å². The number of nitrogens with one attached hydrogen (secondary N) is 1. The molecular weight excluding hydrogens is 290 g/mol. The zero-order chi connectivity index (χ0) is 14.4. The van der Waals surface area contributed by atoms with Crippen molar-refractivity contribution in [2.75, 3.05) is 5.32 Å². The lowest BCUT2D eigenvalue weighted by Gasteiger charge is -2.14. The van der Waals surface area contributed by atoms with Gasteiger partial charge >= 0.3 is 0 Å². The van der Waals surface area contributed by atoms with Gasteiger partial charge < -0.3 is 5.32 Å². The predicted molar refractivity (Wildman–Crippen MR) is 86.5 cm³/mol. The largest absolute Gasteiger partial charge is 0.325 e. The second kappa shape index (κ2) is 7.36. The summed E-state index contributed by atoms with van der Waals surface area (Å²) >= 11 is 7.42. The fourth-order valence-corrected chi connectivity index (χ4v) is 2.82. The van der Waals surface area contributed by atoms with Crippen molar-refractivity contribution in [3.8, 4) is 0 Å². The molecule has 2 nitrogen and oxygen atoms in total. The second-order valence-corrected chi connectivity index (χ2v) is 6.04. The van der Waals surface area contributed by atoms with Crippen LogP contribution in [0.25, 0.3) is 0 Å². The monoisotopic (exact) mass is 305 g/mol. The minimum Gasteiger partial charge on any atom is -0.325 e. The first kappa shape index (κ1) is 14.9. The van der Waals surface area contributed by atoms with Gasteiger partial charge in [-0.1, -0.05) is 36.7 Å². The maximum Gasteiger partial charge on any atom is 0.237 e. The molecule has 0 heterocycles. The molecule has 4 heteroatoms. The first-order chi connectivity index (χ1) is 9.69. The Hall–Kier alpha value is -1.45. The van der Waals surface area contributed by atoms with Gasteiger partial charge in [0.05, 0.1) is 5.25 Å². The Morgan fingerprint density at radius 3 is 2.40 bits per heavy atom. The molecule has 20 heavy (non-hydrogen) atoms. The van der Waals surface area contributed by atoms with E-state index in [-0.39, 0.29) is 11.2 Å². The van der Waals surface area contributed by atoms with Crippen LogP contribution in [-0.2, 0) is 4.79 Å². The summed E-state index contributed by atoms with van der Waals surface area (Å²) in [6, 6.07) is 17.1.